The van der Waals surface area contributed by atoms with Crippen molar-refractivity contribution in [3.63, 3.8) is 0 Å². The fraction of sp³-hybridized carbons (Fsp3) is 0.357. The molecule has 1 aromatic heterocycles. The molecule has 1 N–H and O–H groups in total. The van der Waals surface area contributed by atoms with Gasteiger partial charge in [0.05, 0.1) is 6.42 Å². The molecular weight excluding hydrogens is 306 g/mol. The molecule has 0 aliphatic heterocycles. The zero-order chi connectivity index (χ0) is 16.0. The predicted molar refractivity (Wildman–Crippen MR) is 78.9 cm³/mol. The van der Waals surface area contributed by atoms with E-state index >= 15 is 0 Å². The summed E-state index contributed by atoms with van der Waals surface area (Å²) in [5.41, 5.74) is 0.953. The van der Waals surface area contributed by atoms with Crippen LogP contribution in [0.1, 0.15) is 17.9 Å². The number of nitrogens with zero attached hydrogens (tertiary/aromatic N) is 2. The SMILES string of the molecule is CS(=O)(=O)c1nnc(CCCNC(=O)Cc2ccccc2)o1. The van der Waals surface area contributed by atoms with Gasteiger partial charge in [0.25, 0.3) is 0 Å². The highest BCUT2D eigenvalue weighted by atomic mass is 32.2. The topological polar surface area (TPSA) is 102 Å². The number of carbonyl (C=O) groups excluding carboxylic acids is 1. The molecule has 0 saturated carbocycles. The lowest BCUT2D eigenvalue weighted by Crippen LogP contribution is -2.26. The molecule has 0 bridgehead atoms. The number of sulfone groups is 1. The van der Waals surface area contributed by atoms with Gasteiger partial charge in [0.15, 0.2) is 0 Å². The number of nitrogens with one attached hydrogen (secondary N) is 1. The standard InChI is InChI=1S/C14H17N3O4S/c1-22(19,20)14-17-16-13(21-14)8-5-9-15-12(18)10-11-6-3-2-4-7-11/h2-4,6-7H,5,8-10H2,1H3,(H,15,18). The highest BCUT2D eigenvalue weighted by molar-refractivity contribution is 7.90. The summed E-state index contributed by atoms with van der Waals surface area (Å²) >= 11 is 0. The fourth-order valence-corrected chi connectivity index (χ4v) is 2.24. The third-order valence-corrected chi connectivity index (χ3v) is 3.66. The van der Waals surface area contributed by atoms with Crippen LogP contribution in [0.4, 0.5) is 0 Å². The summed E-state index contributed by atoms with van der Waals surface area (Å²) in [5, 5.41) is 9.54. The van der Waals surface area contributed by atoms with E-state index < -0.39 is 9.84 Å². The average molecular weight is 323 g/mol. The maximum Gasteiger partial charge on any atom is 0.335 e. The number of amides is 1. The molecule has 0 aliphatic rings. The first-order valence-electron chi connectivity index (χ1n) is 6.78. The van der Waals surface area contributed by atoms with E-state index in [0.29, 0.717) is 25.8 Å². The van der Waals surface area contributed by atoms with Crippen molar-refractivity contribution in [1.82, 2.24) is 15.5 Å². The van der Waals surface area contributed by atoms with Gasteiger partial charge in [-0.25, -0.2) is 8.42 Å². The first-order valence-corrected chi connectivity index (χ1v) is 8.67. The fourth-order valence-electron chi connectivity index (χ4n) is 1.80. The molecule has 1 amide bonds. The molecule has 118 valence electrons. The molecule has 22 heavy (non-hydrogen) atoms. The van der Waals surface area contributed by atoms with Crippen LogP contribution in [0, 0.1) is 0 Å². The van der Waals surface area contributed by atoms with E-state index in [0.717, 1.165) is 11.8 Å². The Kier molecular flexibility index (Phi) is 5.26. The molecule has 0 atom stereocenters. The van der Waals surface area contributed by atoms with Crippen molar-refractivity contribution >= 4 is 15.7 Å². The van der Waals surface area contributed by atoms with Crippen LogP contribution in [0.5, 0.6) is 0 Å². The van der Waals surface area contributed by atoms with Crippen molar-refractivity contribution in [3.05, 3.63) is 41.8 Å². The van der Waals surface area contributed by atoms with Gasteiger partial charge in [-0.05, 0) is 12.0 Å². The third-order valence-electron chi connectivity index (χ3n) is 2.86. The Morgan fingerprint density at radius 3 is 2.59 bits per heavy atom. The summed E-state index contributed by atoms with van der Waals surface area (Å²) in [5.74, 6) is 0.186. The Hall–Kier alpha value is -2.22. The van der Waals surface area contributed by atoms with Crippen molar-refractivity contribution < 1.29 is 17.6 Å². The summed E-state index contributed by atoms with van der Waals surface area (Å²) in [6, 6.07) is 9.46. The van der Waals surface area contributed by atoms with E-state index in [1.54, 1.807) is 0 Å². The van der Waals surface area contributed by atoms with E-state index in [1.807, 2.05) is 30.3 Å². The summed E-state index contributed by atoms with van der Waals surface area (Å²) in [7, 11) is -3.47. The maximum absolute atomic E-state index is 11.7. The predicted octanol–water partition coefficient (Wildman–Crippen LogP) is 0.765. The van der Waals surface area contributed by atoms with Crippen molar-refractivity contribution in [2.75, 3.05) is 12.8 Å². The molecule has 0 unspecified atom stereocenters. The largest absolute Gasteiger partial charge is 0.413 e. The van der Waals surface area contributed by atoms with E-state index in [9.17, 15) is 13.2 Å². The van der Waals surface area contributed by atoms with Crippen LogP contribution < -0.4 is 5.32 Å². The van der Waals surface area contributed by atoms with E-state index in [1.165, 1.54) is 0 Å². The van der Waals surface area contributed by atoms with E-state index in [2.05, 4.69) is 15.5 Å². The number of hydrogen-bond acceptors (Lipinski definition) is 6. The molecule has 0 radical (unpaired) electrons. The average Bonchev–Trinajstić information content (AvgIpc) is 2.94. The Morgan fingerprint density at radius 1 is 1.23 bits per heavy atom. The molecule has 0 fully saturated rings. The van der Waals surface area contributed by atoms with Gasteiger partial charge in [0.2, 0.25) is 21.6 Å². The Balaban J connectivity index is 1.71. The Morgan fingerprint density at radius 2 is 1.95 bits per heavy atom. The molecule has 1 heterocycles. The molecule has 7 nitrogen and oxygen atoms in total. The number of hydrogen-bond donors (Lipinski definition) is 1. The zero-order valence-corrected chi connectivity index (χ0v) is 13.0. The summed E-state index contributed by atoms with van der Waals surface area (Å²) in [6.45, 7) is 0.461. The monoisotopic (exact) mass is 323 g/mol. The second kappa shape index (κ2) is 7.17. The van der Waals surface area contributed by atoms with Crippen LogP contribution in [-0.4, -0.2) is 37.3 Å². The zero-order valence-electron chi connectivity index (χ0n) is 12.2. The van der Waals surface area contributed by atoms with E-state index in [-0.39, 0.29) is 17.0 Å². The molecule has 2 rings (SSSR count). The third kappa shape index (κ3) is 4.96. The Labute approximate surface area is 128 Å². The van der Waals surface area contributed by atoms with Crippen LogP contribution in [-0.2, 0) is 27.5 Å². The first-order chi connectivity index (χ1) is 10.4. The van der Waals surface area contributed by atoms with Gasteiger partial charge in [-0.2, -0.15) is 0 Å². The molecule has 0 aliphatic carbocycles. The van der Waals surface area contributed by atoms with Gasteiger partial charge < -0.3 is 9.73 Å². The van der Waals surface area contributed by atoms with Crippen LogP contribution in [0.2, 0.25) is 0 Å². The molecule has 1 aromatic carbocycles. The van der Waals surface area contributed by atoms with Gasteiger partial charge in [0.1, 0.15) is 0 Å². The number of benzene rings is 1. The van der Waals surface area contributed by atoms with Crippen LogP contribution in [0.3, 0.4) is 0 Å². The lowest BCUT2D eigenvalue weighted by Gasteiger charge is -2.04. The smallest absolute Gasteiger partial charge is 0.335 e. The summed E-state index contributed by atoms with van der Waals surface area (Å²) in [6.07, 6.45) is 2.34. The van der Waals surface area contributed by atoms with Gasteiger partial charge in [-0.15, -0.1) is 5.10 Å². The number of rotatable bonds is 7. The van der Waals surface area contributed by atoms with Crippen LogP contribution >= 0.6 is 0 Å². The van der Waals surface area contributed by atoms with Gasteiger partial charge in [-0.1, -0.05) is 35.4 Å². The Bertz CT molecular complexity index is 726. The van der Waals surface area contributed by atoms with Crippen LogP contribution in [0.25, 0.3) is 0 Å². The maximum atomic E-state index is 11.7. The first kappa shape index (κ1) is 16.2. The lowest BCUT2D eigenvalue weighted by molar-refractivity contribution is -0.120. The highest BCUT2D eigenvalue weighted by Crippen LogP contribution is 2.08. The van der Waals surface area contributed by atoms with Gasteiger partial charge in [-0.3, -0.25) is 4.79 Å². The number of aromatic nitrogens is 2. The minimum atomic E-state index is -3.47. The minimum Gasteiger partial charge on any atom is -0.413 e. The van der Waals surface area contributed by atoms with Gasteiger partial charge >= 0.3 is 5.22 Å². The van der Waals surface area contributed by atoms with Crippen LogP contribution in [0.15, 0.2) is 40.0 Å². The highest BCUT2D eigenvalue weighted by Gasteiger charge is 2.16. The van der Waals surface area contributed by atoms with Crippen molar-refractivity contribution in [1.29, 1.82) is 0 Å². The normalized spacial score (nSPS) is 11.3. The second-order valence-electron chi connectivity index (χ2n) is 4.85. The molecular formula is C14H17N3O4S. The number of aryl methyl sites for hydroxylation is 1. The van der Waals surface area contributed by atoms with Gasteiger partial charge in [0, 0.05) is 19.2 Å². The minimum absolute atomic E-state index is 0.0615. The molecule has 8 heteroatoms. The van der Waals surface area contributed by atoms with Crippen molar-refractivity contribution in [2.24, 2.45) is 0 Å². The number of carbonyl (C=O) groups is 1. The lowest BCUT2D eigenvalue weighted by atomic mass is 10.1. The summed E-state index contributed by atoms with van der Waals surface area (Å²) in [4.78, 5) is 11.7. The molecule has 0 saturated heterocycles. The summed E-state index contributed by atoms with van der Waals surface area (Å²) < 4.78 is 27.4. The quantitative estimate of drug-likeness (QED) is 0.755. The molecule has 0 spiro atoms. The van der Waals surface area contributed by atoms with Crippen molar-refractivity contribution in [3.8, 4) is 0 Å². The van der Waals surface area contributed by atoms with E-state index in [4.69, 9.17) is 4.42 Å². The second-order valence-corrected chi connectivity index (χ2v) is 6.74. The van der Waals surface area contributed by atoms with Crippen molar-refractivity contribution in [2.45, 2.75) is 24.5 Å². The molecule has 2 aromatic rings.